The van der Waals surface area contributed by atoms with Gasteiger partial charge in [-0.1, -0.05) is 0 Å². The standard InChI is InChI=1S/C16H19N5O2S/c1-10-18-16(24-20-10)19-14(15-17-5-6-21(15)2)11-7-12(22-3)9-13(8-11)23-4/h5-9,14H,1-4H3,(H,18,19,20). The molecule has 0 aliphatic heterocycles. The van der Waals surface area contributed by atoms with Crippen LogP contribution < -0.4 is 14.8 Å². The first-order chi connectivity index (χ1) is 11.6. The maximum atomic E-state index is 5.39. The van der Waals surface area contributed by atoms with E-state index in [4.69, 9.17) is 9.47 Å². The highest BCUT2D eigenvalue weighted by Gasteiger charge is 2.21. The first-order valence-electron chi connectivity index (χ1n) is 7.37. The average molecular weight is 345 g/mol. The van der Waals surface area contributed by atoms with Gasteiger partial charge < -0.3 is 19.4 Å². The second-order valence-electron chi connectivity index (χ2n) is 5.27. The molecule has 7 nitrogen and oxygen atoms in total. The molecule has 1 unspecified atom stereocenters. The van der Waals surface area contributed by atoms with Gasteiger partial charge in [0.15, 0.2) is 0 Å². The van der Waals surface area contributed by atoms with Gasteiger partial charge in [-0.3, -0.25) is 0 Å². The molecule has 3 rings (SSSR count). The summed E-state index contributed by atoms with van der Waals surface area (Å²) in [5.41, 5.74) is 0.966. The van der Waals surface area contributed by atoms with Crippen LogP contribution in [0, 0.1) is 6.92 Å². The number of hydrogen-bond acceptors (Lipinski definition) is 7. The van der Waals surface area contributed by atoms with Crippen LogP contribution in [0.25, 0.3) is 0 Å². The molecule has 8 heteroatoms. The number of ether oxygens (including phenoxy) is 2. The zero-order valence-electron chi connectivity index (χ0n) is 14.0. The third-order valence-electron chi connectivity index (χ3n) is 3.62. The highest BCUT2D eigenvalue weighted by molar-refractivity contribution is 7.09. The summed E-state index contributed by atoms with van der Waals surface area (Å²) in [7, 11) is 5.23. The summed E-state index contributed by atoms with van der Waals surface area (Å²) in [4.78, 5) is 8.88. The molecule has 0 bridgehead atoms. The topological polar surface area (TPSA) is 74.1 Å². The fourth-order valence-corrected chi connectivity index (χ4v) is 3.03. The SMILES string of the molecule is COc1cc(OC)cc(C(Nc2nc(C)ns2)c2nccn2C)c1. The van der Waals surface area contributed by atoms with Crippen LogP contribution in [0.2, 0.25) is 0 Å². The Balaban J connectivity index is 2.05. The molecular weight excluding hydrogens is 326 g/mol. The normalized spacial score (nSPS) is 12.0. The molecule has 1 N–H and O–H groups in total. The smallest absolute Gasteiger partial charge is 0.203 e. The van der Waals surface area contributed by atoms with Crippen LogP contribution >= 0.6 is 11.5 Å². The van der Waals surface area contributed by atoms with Crippen molar-refractivity contribution in [3.05, 3.63) is 47.8 Å². The summed E-state index contributed by atoms with van der Waals surface area (Å²) in [6.45, 7) is 1.87. The van der Waals surface area contributed by atoms with Gasteiger partial charge in [-0.15, -0.1) is 0 Å². The fraction of sp³-hybridized carbons (Fsp3) is 0.312. The molecule has 126 valence electrons. The van der Waals surface area contributed by atoms with E-state index < -0.39 is 0 Å². The lowest BCUT2D eigenvalue weighted by Crippen LogP contribution is -2.17. The Hall–Kier alpha value is -2.61. The van der Waals surface area contributed by atoms with Crippen molar-refractivity contribution < 1.29 is 9.47 Å². The maximum Gasteiger partial charge on any atom is 0.203 e. The van der Waals surface area contributed by atoms with E-state index in [-0.39, 0.29) is 6.04 Å². The number of aryl methyl sites for hydroxylation is 2. The van der Waals surface area contributed by atoms with Crippen molar-refractivity contribution in [3.63, 3.8) is 0 Å². The summed E-state index contributed by atoms with van der Waals surface area (Å²) in [5.74, 6) is 3.04. The van der Waals surface area contributed by atoms with Crippen LogP contribution in [0.15, 0.2) is 30.6 Å². The van der Waals surface area contributed by atoms with Crippen molar-refractivity contribution >= 4 is 16.7 Å². The Kier molecular flexibility index (Phi) is 4.66. The molecule has 0 aliphatic carbocycles. The van der Waals surface area contributed by atoms with E-state index in [0.717, 1.165) is 33.8 Å². The van der Waals surface area contributed by atoms with Crippen LogP contribution in [-0.4, -0.2) is 33.1 Å². The highest BCUT2D eigenvalue weighted by atomic mass is 32.1. The molecule has 3 aromatic rings. The van der Waals surface area contributed by atoms with E-state index in [9.17, 15) is 0 Å². The third kappa shape index (κ3) is 3.33. The van der Waals surface area contributed by atoms with E-state index in [2.05, 4.69) is 19.7 Å². The van der Waals surface area contributed by atoms with Crippen molar-refractivity contribution in [3.8, 4) is 11.5 Å². The fourth-order valence-electron chi connectivity index (χ4n) is 2.43. The van der Waals surface area contributed by atoms with Gasteiger partial charge in [0.1, 0.15) is 29.2 Å². The molecule has 1 aromatic carbocycles. The lowest BCUT2D eigenvalue weighted by atomic mass is 10.1. The zero-order chi connectivity index (χ0) is 17.1. The Morgan fingerprint density at radius 2 is 1.88 bits per heavy atom. The van der Waals surface area contributed by atoms with Crippen LogP contribution in [0.3, 0.4) is 0 Å². The van der Waals surface area contributed by atoms with Crippen LogP contribution in [0.1, 0.15) is 23.3 Å². The van der Waals surface area contributed by atoms with E-state index in [1.807, 2.05) is 42.9 Å². The van der Waals surface area contributed by atoms with Gasteiger partial charge in [-0.05, 0) is 24.6 Å². The summed E-state index contributed by atoms with van der Waals surface area (Å²) in [6.07, 6.45) is 3.68. The molecule has 1 atom stereocenters. The minimum absolute atomic E-state index is 0.207. The predicted octanol–water partition coefficient (Wildman–Crippen LogP) is 2.80. The molecule has 0 radical (unpaired) electrons. The van der Waals surface area contributed by atoms with Crippen molar-refractivity contribution in [1.29, 1.82) is 0 Å². The molecule has 0 spiro atoms. The number of rotatable bonds is 6. The average Bonchev–Trinajstić information content (AvgIpc) is 3.20. The predicted molar refractivity (Wildman–Crippen MR) is 92.9 cm³/mol. The Labute approximate surface area is 144 Å². The van der Waals surface area contributed by atoms with E-state index >= 15 is 0 Å². The minimum Gasteiger partial charge on any atom is -0.497 e. The van der Waals surface area contributed by atoms with E-state index in [0.29, 0.717) is 0 Å². The van der Waals surface area contributed by atoms with E-state index in [1.54, 1.807) is 20.4 Å². The highest BCUT2D eigenvalue weighted by Crippen LogP contribution is 2.32. The lowest BCUT2D eigenvalue weighted by molar-refractivity contribution is 0.393. The quantitative estimate of drug-likeness (QED) is 0.740. The summed E-state index contributed by atoms with van der Waals surface area (Å²) in [5, 5.41) is 4.15. The molecule has 24 heavy (non-hydrogen) atoms. The number of nitrogens with zero attached hydrogens (tertiary/aromatic N) is 4. The number of aromatic nitrogens is 4. The van der Waals surface area contributed by atoms with Crippen LogP contribution in [0.4, 0.5) is 5.13 Å². The first-order valence-corrected chi connectivity index (χ1v) is 8.15. The minimum atomic E-state index is -0.207. The molecule has 0 aliphatic rings. The van der Waals surface area contributed by atoms with Gasteiger partial charge >= 0.3 is 0 Å². The second-order valence-corrected chi connectivity index (χ2v) is 6.02. The molecule has 0 saturated carbocycles. The largest absolute Gasteiger partial charge is 0.497 e. The Morgan fingerprint density at radius 3 is 2.38 bits per heavy atom. The van der Waals surface area contributed by atoms with Crippen molar-refractivity contribution in [2.75, 3.05) is 19.5 Å². The van der Waals surface area contributed by atoms with Gasteiger partial charge in [-0.25, -0.2) is 9.97 Å². The summed E-state index contributed by atoms with van der Waals surface area (Å²) >= 11 is 1.32. The maximum absolute atomic E-state index is 5.39. The molecule has 2 heterocycles. The van der Waals surface area contributed by atoms with Gasteiger partial charge in [0.25, 0.3) is 0 Å². The Morgan fingerprint density at radius 1 is 1.17 bits per heavy atom. The van der Waals surface area contributed by atoms with Gasteiger partial charge in [-0.2, -0.15) is 4.37 Å². The van der Waals surface area contributed by atoms with Gasteiger partial charge in [0.05, 0.1) is 14.2 Å². The molecular formula is C16H19N5O2S. The van der Waals surface area contributed by atoms with E-state index in [1.165, 1.54) is 11.5 Å². The van der Waals surface area contributed by atoms with Gasteiger partial charge in [0, 0.05) is 37.0 Å². The first kappa shape index (κ1) is 16.3. The van der Waals surface area contributed by atoms with Crippen LogP contribution in [-0.2, 0) is 7.05 Å². The summed E-state index contributed by atoms with van der Waals surface area (Å²) < 4.78 is 17.0. The Bertz CT molecular complexity index is 807. The number of imidazole rings is 1. The second kappa shape index (κ2) is 6.88. The number of benzene rings is 1. The number of nitrogens with one attached hydrogen (secondary N) is 1. The van der Waals surface area contributed by atoms with Crippen LogP contribution in [0.5, 0.6) is 11.5 Å². The summed E-state index contributed by atoms with van der Waals surface area (Å²) in [6, 6.07) is 5.56. The van der Waals surface area contributed by atoms with Crippen molar-refractivity contribution in [2.45, 2.75) is 13.0 Å². The molecule has 0 amide bonds. The van der Waals surface area contributed by atoms with Crippen molar-refractivity contribution in [1.82, 2.24) is 18.9 Å². The number of anilines is 1. The third-order valence-corrected chi connectivity index (χ3v) is 4.36. The number of methoxy groups -OCH3 is 2. The molecule has 0 saturated heterocycles. The van der Waals surface area contributed by atoms with Crippen molar-refractivity contribution in [2.24, 2.45) is 7.05 Å². The lowest BCUT2D eigenvalue weighted by Gasteiger charge is -2.19. The van der Waals surface area contributed by atoms with Gasteiger partial charge in [0.2, 0.25) is 5.13 Å². The monoisotopic (exact) mass is 345 g/mol. The zero-order valence-corrected chi connectivity index (χ0v) is 14.8. The number of hydrogen-bond donors (Lipinski definition) is 1. The molecule has 0 fully saturated rings. The molecule has 2 aromatic heterocycles.